The molecule has 0 radical (unpaired) electrons. The predicted molar refractivity (Wildman–Crippen MR) is 70.7 cm³/mol. The van der Waals surface area contributed by atoms with Crippen LogP contribution >= 0.6 is 0 Å². The highest BCUT2D eigenvalue weighted by molar-refractivity contribution is 5.31. The Kier molecular flexibility index (Phi) is 3.17. The zero-order valence-electron chi connectivity index (χ0n) is 10.7. The number of hydrazine groups is 1. The van der Waals surface area contributed by atoms with Crippen LogP contribution in [0.4, 0.5) is 0 Å². The maximum atomic E-state index is 2.60. The first kappa shape index (κ1) is 11.2. The van der Waals surface area contributed by atoms with Crippen LogP contribution < -0.4 is 0 Å². The summed E-state index contributed by atoms with van der Waals surface area (Å²) in [6.07, 6.45) is 5.35. The van der Waals surface area contributed by atoms with Crippen molar-refractivity contribution < 1.29 is 0 Å². The predicted octanol–water partition coefficient (Wildman–Crippen LogP) is 3.01. The van der Waals surface area contributed by atoms with Crippen LogP contribution in [0.3, 0.4) is 0 Å². The maximum Gasteiger partial charge on any atom is 0.0469 e. The van der Waals surface area contributed by atoms with Crippen molar-refractivity contribution in [3.8, 4) is 0 Å². The molecular weight excluding hydrogens is 208 g/mol. The molecule has 0 N–H and O–H groups in total. The molecule has 92 valence electrons. The lowest BCUT2D eigenvalue weighted by Crippen LogP contribution is -2.49. The fourth-order valence-corrected chi connectivity index (χ4v) is 3.28. The van der Waals surface area contributed by atoms with E-state index in [1.165, 1.54) is 50.9 Å². The molecule has 0 amide bonds. The number of piperidine rings is 1. The Bertz CT molecular complexity index is 382. The van der Waals surface area contributed by atoms with Crippen molar-refractivity contribution in [1.82, 2.24) is 10.0 Å². The first-order valence-electron chi connectivity index (χ1n) is 6.95. The Labute approximate surface area is 104 Å². The van der Waals surface area contributed by atoms with Crippen LogP contribution in [-0.2, 0) is 6.42 Å². The van der Waals surface area contributed by atoms with E-state index in [1.54, 1.807) is 5.56 Å². The normalized spacial score (nSPS) is 26.8. The summed E-state index contributed by atoms with van der Waals surface area (Å²) in [4.78, 5) is 0. The number of benzene rings is 1. The Morgan fingerprint density at radius 3 is 2.59 bits per heavy atom. The minimum absolute atomic E-state index is 0.554. The highest BCUT2D eigenvalue weighted by atomic mass is 15.6. The molecular formula is C15H22N2. The monoisotopic (exact) mass is 230 g/mol. The van der Waals surface area contributed by atoms with Gasteiger partial charge in [0.15, 0.2) is 0 Å². The van der Waals surface area contributed by atoms with E-state index < -0.39 is 0 Å². The van der Waals surface area contributed by atoms with E-state index in [4.69, 9.17) is 0 Å². The van der Waals surface area contributed by atoms with Gasteiger partial charge in [-0.15, -0.1) is 0 Å². The lowest BCUT2D eigenvalue weighted by Gasteiger charge is -2.44. The second kappa shape index (κ2) is 4.79. The highest BCUT2D eigenvalue weighted by Crippen LogP contribution is 2.31. The summed E-state index contributed by atoms with van der Waals surface area (Å²) in [5.74, 6) is 0. The van der Waals surface area contributed by atoms with E-state index in [2.05, 4.69) is 41.2 Å². The molecule has 2 aliphatic rings. The third-order valence-corrected chi connectivity index (χ3v) is 4.26. The smallest absolute Gasteiger partial charge is 0.0469 e. The first-order valence-corrected chi connectivity index (χ1v) is 6.95. The van der Waals surface area contributed by atoms with E-state index in [1.807, 2.05) is 0 Å². The molecule has 1 atom stereocenters. The van der Waals surface area contributed by atoms with Gasteiger partial charge in [0.05, 0.1) is 0 Å². The summed E-state index contributed by atoms with van der Waals surface area (Å²) >= 11 is 0. The summed E-state index contributed by atoms with van der Waals surface area (Å²) < 4.78 is 0. The molecule has 3 rings (SSSR count). The summed E-state index contributed by atoms with van der Waals surface area (Å²) in [6, 6.07) is 9.49. The van der Waals surface area contributed by atoms with Crippen LogP contribution in [0.2, 0.25) is 0 Å². The molecule has 0 saturated carbocycles. The quantitative estimate of drug-likeness (QED) is 0.732. The topological polar surface area (TPSA) is 6.48 Å². The zero-order valence-corrected chi connectivity index (χ0v) is 10.7. The van der Waals surface area contributed by atoms with Gasteiger partial charge in [0.25, 0.3) is 0 Å². The summed E-state index contributed by atoms with van der Waals surface area (Å²) in [6.45, 7) is 6.06. The first-order chi connectivity index (χ1) is 8.36. The van der Waals surface area contributed by atoms with Crippen molar-refractivity contribution >= 4 is 0 Å². The zero-order chi connectivity index (χ0) is 11.7. The number of hydrogen-bond donors (Lipinski definition) is 0. The van der Waals surface area contributed by atoms with E-state index in [9.17, 15) is 0 Å². The largest absolute Gasteiger partial charge is 0.241 e. The minimum Gasteiger partial charge on any atom is -0.241 e. The van der Waals surface area contributed by atoms with E-state index in [0.29, 0.717) is 6.04 Å². The molecule has 2 aliphatic heterocycles. The van der Waals surface area contributed by atoms with Gasteiger partial charge in [-0.25, -0.2) is 10.0 Å². The molecule has 1 aromatic rings. The Balaban J connectivity index is 1.81. The lowest BCUT2D eigenvalue weighted by atomic mass is 9.94. The third-order valence-electron chi connectivity index (χ3n) is 4.26. The summed E-state index contributed by atoms with van der Waals surface area (Å²) in [7, 11) is 0. The Morgan fingerprint density at radius 2 is 1.76 bits per heavy atom. The second-order valence-electron chi connectivity index (χ2n) is 5.30. The Hall–Kier alpha value is -0.860. The standard InChI is InChI=1S/C15H22N2/c1-13-15-8-4-3-7-14(15)9-12-17(13)16-10-5-2-6-11-16/h3-4,7-8,13H,2,5-6,9-12H2,1H3. The van der Waals surface area contributed by atoms with Crippen molar-refractivity contribution in [1.29, 1.82) is 0 Å². The molecule has 0 aromatic heterocycles. The molecule has 0 bridgehead atoms. The van der Waals surface area contributed by atoms with E-state index >= 15 is 0 Å². The van der Waals surface area contributed by atoms with Crippen molar-refractivity contribution in [2.75, 3.05) is 19.6 Å². The third kappa shape index (κ3) is 2.12. The molecule has 0 aliphatic carbocycles. The number of rotatable bonds is 1. The Morgan fingerprint density at radius 1 is 1.00 bits per heavy atom. The van der Waals surface area contributed by atoms with E-state index in [0.717, 1.165) is 0 Å². The number of fused-ring (bicyclic) bond motifs is 1. The minimum atomic E-state index is 0.554. The van der Waals surface area contributed by atoms with Crippen molar-refractivity contribution in [2.45, 2.75) is 38.6 Å². The molecule has 1 saturated heterocycles. The molecule has 0 spiro atoms. The molecule has 1 unspecified atom stereocenters. The van der Waals surface area contributed by atoms with Crippen molar-refractivity contribution in [3.63, 3.8) is 0 Å². The van der Waals surface area contributed by atoms with Crippen molar-refractivity contribution in [3.05, 3.63) is 35.4 Å². The van der Waals surface area contributed by atoms with Gasteiger partial charge >= 0.3 is 0 Å². The molecule has 2 heterocycles. The van der Waals surface area contributed by atoms with Gasteiger partial charge in [0.2, 0.25) is 0 Å². The van der Waals surface area contributed by atoms with Gasteiger partial charge < -0.3 is 0 Å². The summed E-state index contributed by atoms with van der Waals surface area (Å²) in [5.41, 5.74) is 3.08. The molecule has 1 fully saturated rings. The number of nitrogens with zero attached hydrogens (tertiary/aromatic N) is 2. The molecule has 2 heteroatoms. The van der Waals surface area contributed by atoms with Gasteiger partial charge in [0, 0.05) is 25.7 Å². The van der Waals surface area contributed by atoms with Crippen LogP contribution in [0.15, 0.2) is 24.3 Å². The van der Waals surface area contributed by atoms with Crippen LogP contribution in [0.1, 0.15) is 43.4 Å². The van der Waals surface area contributed by atoms with Gasteiger partial charge in [-0.1, -0.05) is 30.7 Å². The molecule has 2 nitrogen and oxygen atoms in total. The lowest BCUT2D eigenvalue weighted by molar-refractivity contribution is -0.0737. The highest BCUT2D eigenvalue weighted by Gasteiger charge is 2.28. The molecule has 17 heavy (non-hydrogen) atoms. The van der Waals surface area contributed by atoms with Gasteiger partial charge in [0.1, 0.15) is 0 Å². The van der Waals surface area contributed by atoms with Crippen LogP contribution in [-0.4, -0.2) is 29.7 Å². The second-order valence-corrected chi connectivity index (χ2v) is 5.30. The SMILES string of the molecule is CC1c2ccccc2CCN1N1CCCCC1. The molecule has 1 aromatic carbocycles. The van der Waals surface area contributed by atoms with Gasteiger partial charge in [-0.3, -0.25) is 0 Å². The van der Waals surface area contributed by atoms with Gasteiger partial charge in [-0.05, 0) is 37.3 Å². The van der Waals surface area contributed by atoms with Crippen LogP contribution in [0.25, 0.3) is 0 Å². The maximum absolute atomic E-state index is 2.60. The average Bonchev–Trinajstić information content (AvgIpc) is 2.40. The van der Waals surface area contributed by atoms with E-state index in [-0.39, 0.29) is 0 Å². The van der Waals surface area contributed by atoms with Crippen LogP contribution in [0, 0.1) is 0 Å². The van der Waals surface area contributed by atoms with Gasteiger partial charge in [-0.2, -0.15) is 0 Å². The van der Waals surface area contributed by atoms with Crippen molar-refractivity contribution in [2.24, 2.45) is 0 Å². The average molecular weight is 230 g/mol. The fraction of sp³-hybridized carbons (Fsp3) is 0.600. The summed E-state index contributed by atoms with van der Waals surface area (Å²) in [5, 5.41) is 5.19. The number of hydrogen-bond acceptors (Lipinski definition) is 2. The van der Waals surface area contributed by atoms with Crippen LogP contribution in [0.5, 0.6) is 0 Å². The fourth-order valence-electron chi connectivity index (χ4n) is 3.28.